The summed E-state index contributed by atoms with van der Waals surface area (Å²) in [5.41, 5.74) is 5.07. The number of halogens is 1. The van der Waals surface area contributed by atoms with Gasteiger partial charge in [0.2, 0.25) is 0 Å². The van der Waals surface area contributed by atoms with Gasteiger partial charge in [-0.05, 0) is 6.07 Å². The zero-order valence-corrected chi connectivity index (χ0v) is 11.3. The van der Waals surface area contributed by atoms with Gasteiger partial charge in [0, 0.05) is 5.38 Å². The minimum absolute atomic E-state index is 0.255. The first-order chi connectivity index (χ1) is 9.13. The summed E-state index contributed by atoms with van der Waals surface area (Å²) >= 11 is 7.01. The van der Waals surface area contributed by atoms with Crippen molar-refractivity contribution in [3.8, 4) is 5.75 Å². The standard InChI is InChI=1S/C11H9ClN2O4S/c1-17-8-7(5-19-9(8)12)11(16)14-13-10(15)6-2-3-18-4-6/h2-5H,1H3,(H,13,15)(H,14,16). The maximum Gasteiger partial charge on any atom is 0.274 e. The molecule has 0 atom stereocenters. The number of hydrazine groups is 1. The van der Waals surface area contributed by atoms with Crippen LogP contribution in [0.3, 0.4) is 0 Å². The first-order valence-electron chi connectivity index (χ1n) is 5.07. The molecule has 2 aromatic rings. The lowest BCUT2D eigenvalue weighted by Crippen LogP contribution is -2.41. The van der Waals surface area contributed by atoms with Gasteiger partial charge >= 0.3 is 0 Å². The van der Waals surface area contributed by atoms with Crippen LogP contribution in [-0.4, -0.2) is 18.9 Å². The summed E-state index contributed by atoms with van der Waals surface area (Å²) in [5.74, 6) is -0.721. The molecule has 19 heavy (non-hydrogen) atoms. The van der Waals surface area contributed by atoms with Gasteiger partial charge in [-0.1, -0.05) is 11.6 Å². The SMILES string of the molecule is COc1c(C(=O)NNC(=O)c2ccoc2)csc1Cl. The third-order valence-electron chi connectivity index (χ3n) is 2.23. The molecule has 0 aliphatic heterocycles. The molecular formula is C11H9ClN2O4S. The van der Waals surface area contributed by atoms with Crippen LogP contribution in [0.1, 0.15) is 20.7 Å². The van der Waals surface area contributed by atoms with Gasteiger partial charge in [-0.3, -0.25) is 20.4 Å². The Labute approximate surface area is 117 Å². The third-order valence-corrected chi connectivity index (χ3v) is 3.41. The quantitative estimate of drug-likeness (QED) is 0.850. The second kappa shape index (κ2) is 5.77. The summed E-state index contributed by atoms with van der Waals surface area (Å²) in [4.78, 5) is 23.4. The fraction of sp³-hybridized carbons (Fsp3) is 0.0909. The zero-order chi connectivity index (χ0) is 13.8. The van der Waals surface area contributed by atoms with Crippen molar-refractivity contribution in [3.05, 3.63) is 39.4 Å². The number of methoxy groups -OCH3 is 1. The van der Waals surface area contributed by atoms with Gasteiger partial charge < -0.3 is 9.15 Å². The largest absolute Gasteiger partial charge is 0.493 e. The van der Waals surface area contributed by atoms with E-state index in [4.69, 9.17) is 20.8 Å². The van der Waals surface area contributed by atoms with E-state index in [9.17, 15) is 9.59 Å². The molecule has 0 bridgehead atoms. The summed E-state index contributed by atoms with van der Waals surface area (Å²) in [7, 11) is 1.41. The molecule has 2 aromatic heterocycles. The first kappa shape index (κ1) is 13.4. The van der Waals surface area contributed by atoms with Crippen LogP contribution >= 0.6 is 22.9 Å². The molecule has 0 unspecified atom stereocenters. The van der Waals surface area contributed by atoms with E-state index in [1.165, 1.54) is 37.0 Å². The minimum Gasteiger partial charge on any atom is -0.493 e. The third kappa shape index (κ3) is 2.88. The molecule has 0 aliphatic rings. The molecule has 6 nitrogen and oxygen atoms in total. The lowest BCUT2D eigenvalue weighted by atomic mass is 10.3. The number of nitrogens with one attached hydrogen (secondary N) is 2. The van der Waals surface area contributed by atoms with E-state index in [1.54, 1.807) is 5.38 Å². The molecule has 2 N–H and O–H groups in total. The molecule has 100 valence electrons. The van der Waals surface area contributed by atoms with E-state index in [0.717, 1.165) is 0 Å². The van der Waals surface area contributed by atoms with Gasteiger partial charge in [0.15, 0.2) is 5.75 Å². The number of ether oxygens (including phenoxy) is 1. The van der Waals surface area contributed by atoms with Gasteiger partial charge in [0.1, 0.15) is 10.6 Å². The van der Waals surface area contributed by atoms with E-state index in [0.29, 0.717) is 9.90 Å². The number of furan rings is 1. The van der Waals surface area contributed by atoms with Crippen LogP contribution in [0.5, 0.6) is 5.75 Å². The summed E-state index contributed by atoms with van der Waals surface area (Å²) in [5, 5.41) is 1.54. The Hall–Kier alpha value is -1.99. The Balaban J connectivity index is 2.00. The fourth-order valence-electron chi connectivity index (χ4n) is 1.32. The number of carbonyl (C=O) groups excluding carboxylic acids is 2. The maximum atomic E-state index is 11.8. The Morgan fingerprint density at radius 3 is 2.74 bits per heavy atom. The number of rotatable bonds is 3. The second-order valence-corrected chi connectivity index (χ2v) is 4.86. The highest BCUT2D eigenvalue weighted by Gasteiger charge is 2.18. The van der Waals surface area contributed by atoms with Crippen LogP contribution in [0.4, 0.5) is 0 Å². The number of hydrogen-bond acceptors (Lipinski definition) is 5. The Bertz CT molecular complexity index is 594. The molecule has 0 radical (unpaired) electrons. The molecule has 0 saturated carbocycles. The normalized spacial score (nSPS) is 10.0. The van der Waals surface area contributed by atoms with Crippen molar-refractivity contribution < 1.29 is 18.7 Å². The minimum atomic E-state index is -0.517. The van der Waals surface area contributed by atoms with Gasteiger partial charge in [0.05, 0.1) is 24.5 Å². The van der Waals surface area contributed by atoms with Gasteiger partial charge in [-0.2, -0.15) is 0 Å². The molecule has 2 rings (SSSR count). The topological polar surface area (TPSA) is 80.6 Å². The van der Waals surface area contributed by atoms with Crippen molar-refractivity contribution in [1.82, 2.24) is 10.9 Å². The van der Waals surface area contributed by atoms with Crippen molar-refractivity contribution in [3.63, 3.8) is 0 Å². The molecule has 0 saturated heterocycles. The Morgan fingerprint density at radius 2 is 2.11 bits per heavy atom. The van der Waals surface area contributed by atoms with E-state index < -0.39 is 11.8 Å². The van der Waals surface area contributed by atoms with Gasteiger partial charge in [0.25, 0.3) is 11.8 Å². The lowest BCUT2D eigenvalue weighted by molar-refractivity contribution is 0.0845. The van der Waals surface area contributed by atoms with E-state index in [1.807, 2.05) is 0 Å². The second-order valence-electron chi connectivity index (χ2n) is 3.38. The van der Waals surface area contributed by atoms with Gasteiger partial charge in [-0.15, -0.1) is 11.3 Å². The van der Waals surface area contributed by atoms with Crippen molar-refractivity contribution in [2.75, 3.05) is 7.11 Å². The van der Waals surface area contributed by atoms with E-state index in [2.05, 4.69) is 10.9 Å². The predicted octanol–water partition coefficient (Wildman–Crippen LogP) is 2.08. The van der Waals surface area contributed by atoms with Crippen molar-refractivity contribution in [2.24, 2.45) is 0 Å². The van der Waals surface area contributed by atoms with Gasteiger partial charge in [-0.25, -0.2) is 0 Å². The van der Waals surface area contributed by atoms with Crippen LogP contribution in [-0.2, 0) is 0 Å². The van der Waals surface area contributed by atoms with Crippen molar-refractivity contribution in [1.29, 1.82) is 0 Å². The van der Waals surface area contributed by atoms with E-state index in [-0.39, 0.29) is 11.3 Å². The summed E-state index contributed by atoms with van der Waals surface area (Å²) < 4.78 is 10.1. The highest BCUT2D eigenvalue weighted by Crippen LogP contribution is 2.34. The van der Waals surface area contributed by atoms with Crippen LogP contribution in [0, 0.1) is 0 Å². The highest BCUT2D eigenvalue weighted by molar-refractivity contribution is 7.15. The molecule has 8 heteroatoms. The van der Waals surface area contributed by atoms with Crippen molar-refractivity contribution in [2.45, 2.75) is 0 Å². The molecule has 0 spiro atoms. The van der Waals surface area contributed by atoms with Crippen LogP contribution in [0.2, 0.25) is 4.34 Å². The molecule has 0 aliphatic carbocycles. The first-order valence-corrected chi connectivity index (χ1v) is 6.33. The average molecular weight is 301 g/mol. The zero-order valence-electron chi connectivity index (χ0n) is 9.73. The molecule has 0 aromatic carbocycles. The molecular weight excluding hydrogens is 292 g/mol. The van der Waals surface area contributed by atoms with Crippen LogP contribution < -0.4 is 15.6 Å². The Kier molecular flexibility index (Phi) is 4.08. The van der Waals surface area contributed by atoms with Crippen LogP contribution in [0.15, 0.2) is 28.4 Å². The van der Waals surface area contributed by atoms with Crippen LogP contribution in [0.25, 0.3) is 0 Å². The summed E-state index contributed by atoms with van der Waals surface area (Å²) in [6.07, 6.45) is 2.63. The monoisotopic (exact) mass is 300 g/mol. The smallest absolute Gasteiger partial charge is 0.274 e. The predicted molar refractivity (Wildman–Crippen MR) is 69.5 cm³/mol. The lowest BCUT2D eigenvalue weighted by Gasteiger charge is -2.06. The molecule has 2 amide bonds. The average Bonchev–Trinajstić information content (AvgIpc) is 3.04. The number of amides is 2. The fourth-order valence-corrected chi connectivity index (χ4v) is 2.37. The maximum absolute atomic E-state index is 11.8. The number of hydrogen-bond donors (Lipinski definition) is 2. The van der Waals surface area contributed by atoms with E-state index >= 15 is 0 Å². The summed E-state index contributed by atoms with van der Waals surface area (Å²) in [6, 6.07) is 1.48. The van der Waals surface area contributed by atoms with Crippen molar-refractivity contribution >= 4 is 34.8 Å². The molecule has 2 heterocycles. The highest BCUT2D eigenvalue weighted by atomic mass is 35.5. The molecule has 0 fully saturated rings. The summed E-state index contributed by atoms with van der Waals surface area (Å²) in [6.45, 7) is 0. The Morgan fingerprint density at radius 1 is 1.37 bits per heavy atom. The number of thiophene rings is 1. The number of carbonyl (C=O) groups is 2.